The van der Waals surface area contributed by atoms with E-state index in [-0.39, 0.29) is 5.96 Å². The molecule has 1 aromatic rings. The third-order valence-electron chi connectivity index (χ3n) is 0.991. The second kappa shape index (κ2) is 4.02. The van der Waals surface area contributed by atoms with Gasteiger partial charge in [-0.3, -0.25) is 15.1 Å². The van der Waals surface area contributed by atoms with Crippen molar-refractivity contribution in [3.05, 3.63) is 18.6 Å². The van der Waals surface area contributed by atoms with Gasteiger partial charge in [0.15, 0.2) is 5.82 Å². The molecule has 6 nitrogen and oxygen atoms in total. The minimum Gasteiger partial charge on any atom is -0.369 e. The highest BCUT2D eigenvalue weighted by Gasteiger charge is 1.90. The molecule has 0 aliphatic heterocycles. The second-order valence-corrected chi connectivity index (χ2v) is 1.82. The molecule has 0 atom stereocenters. The van der Waals surface area contributed by atoms with Crippen LogP contribution < -0.4 is 11.1 Å². The molecule has 0 radical (unpaired) electrons. The SMILES string of the molecule is NC(=Nc1cnccn1)NC=O. The highest BCUT2D eigenvalue weighted by Crippen LogP contribution is 2.00. The molecule has 1 heterocycles. The smallest absolute Gasteiger partial charge is 0.213 e. The first-order valence-corrected chi connectivity index (χ1v) is 3.13. The molecule has 0 aromatic carbocycles. The van der Waals surface area contributed by atoms with Crippen LogP contribution in [0.1, 0.15) is 0 Å². The fraction of sp³-hybridized carbons (Fsp3) is 0. The molecule has 0 bridgehead atoms. The third-order valence-corrected chi connectivity index (χ3v) is 0.991. The quantitative estimate of drug-likeness (QED) is 0.339. The molecule has 0 unspecified atom stereocenters. The molecule has 0 aliphatic carbocycles. The van der Waals surface area contributed by atoms with Crippen molar-refractivity contribution in [3.63, 3.8) is 0 Å². The summed E-state index contributed by atoms with van der Waals surface area (Å²) in [5.41, 5.74) is 5.26. The standard InChI is InChI=1S/C6H7N5O/c7-6(10-4-12)11-5-3-8-1-2-9-5/h1-4H,(H3,7,9,10,11,12). The van der Waals surface area contributed by atoms with Gasteiger partial charge >= 0.3 is 0 Å². The Bertz CT molecular complexity index is 283. The van der Waals surface area contributed by atoms with Gasteiger partial charge in [-0.15, -0.1) is 0 Å². The first-order valence-electron chi connectivity index (χ1n) is 3.13. The zero-order valence-corrected chi connectivity index (χ0v) is 6.14. The summed E-state index contributed by atoms with van der Waals surface area (Å²) in [5.74, 6) is 0.342. The topological polar surface area (TPSA) is 93.3 Å². The molecule has 0 saturated carbocycles. The second-order valence-electron chi connectivity index (χ2n) is 1.82. The first kappa shape index (κ1) is 8.12. The normalized spacial score (nSPS) is 10.8. The molecule has 62 valence electrons. The number of guanidine groups is 1. The number of rotatable bonds is 2. The van der Waals surface area contributed by atoms with Crippen LogP contribution in [0.2, 0.25) is 0 Å². The van der Waals surface area contributed by atoms with Crippen LogP contribution in [-0.2, 0) is 4.79 Å². The van der Waals surface area contributed by atoms with Crippen LogP contribution >= 0.6 is 0 Å². The van der Waals surface area contributed by atoms with Gasteiger partial charge in [0.05, 0.1) is 6.20 Å². The van der Waals surface area contributed by atoms with Crippen LogP contribution in [0.5, 0.6) is 0 Å². The maximum absolute atomic E-state index is 9.90. The van der Waals surface area contributed by atoms with Crippen molar-refractivity contribution in [2.24, 2.45) is 10.7 Å². The molecule has 3 N–H and O–H groups in total. The number of nitrogens with one attached hydrogen (secondary N) is 1. The molecule has 1 amide bonds. The van der Waals surface area contributed by atoms with E-state index >= 15 is 0 Å². The van der Waals surface area contributed by atoms with E-state index in [0.29, 0.717) is 12.2 Å². The molecule has 6 heteroatoms. The summed E-state index contributed by atoms with van der Waals surface area (Å²) >= 11 is 0. The summed E-state index contributed by atoms with van der Waals surface area (Å²) in [6.45, 7) is 0. The average Bonchev–Trinajstić information content (AvgIpc) is 2.06. The van der Waals surface area contributed by atoms with E-state index in [4.69, 9.17) is 5.73 Å². The van der Waals surface area contributed by atoms with Gasteiger partial charge in [0.1, 0.15) is 0 Å². The van der Waals surface area contributed by atoms with Crippen molar-refractivity contribution in [3.8, 4) is 0 Å². The predicted molar refractivity (Wildman–Crippen MR) is 42.5 cm³/mol. The number of hydrogen-bond acceptors (Lipinski definition) is 4. The fourth-order valence-corrected chi connectivity index (χ4v) is 0.565. The van der Waals surface area contributed by atoms with Gasteiger partial charge in [-0.25, -0.2) is 4.98 Å². The number of carbonyl (C=O) groups excluding carboxylic acids is 1. The number of aliphatic imine (C=N–C) groups is 1. The van der Waals surface area contributed by atoms with Gasteiger partial charge < -0.3 is 5.73 Å². The Morgan fingerprint density at radius 2 is 2.50 bits per heavy atom. The van der Waals surface area contributed by atoms with Crippen molar-refractivity contribution in [1.82, 2.24) is 15.3 Å². The zero-order valence-electron chi connectivity index (χ0n) is 6.14. The summed E-state index contributed by atoms with van der Waals surface area (Å²) in [4.78, 5) is 21.2. The lowest BCUT2D eigenvalue weighted by atomic mass is 10.7. The lowest BCUT2D eigenvalue weighted by Crippen LogP contribution is -2.29. The minimum absolute atomic E-state index is 0.00880. The summed E-state index contributed by atoms with van der Waals surface area (Å²) in [7, 11) is 0. The van der Waals surface area contributed by atoms with Gasteiger partial charge in [0.2, 0.25) is 12.4 Å². The number of aromatic nitrogens is 2. The van der Waals surface area contributed by atoms with E-state index < -0.39 is 0 Å². The predicted octanol–water partition coefficient (Wildman–Crippen LogP) is -0.831. The van der Waals surface area contributed by atoms with Crippen LogP contribution in [0.3, 0.4) is 0 Å². The van der Waals surface area contributed by atoms with Gasteiger partial charge in [0.25, 0.3) is 0 Å². The van der Waals surface area contributed by atoms with Gasteiger partial charge in [-0.1, -0.05) is 0 Å². The maximum Gasteiger partial charge on any atom is 0.213 e. The molecule has 0 fully saturated rings. The molecule has 0 aliphatic rings. The molecule has 12 heavy (non-hydrogen) atoms. The van der Waals surface area contributed by atoms with Crippen LogP contribution in [0.25, 0.3) is 0 Å². The van der Waals surface area contributed by atoms with E-state index in [1.165, 1.54) is 18.6 Å². The number of nitrogens with two attached hydrogens (primary N) is 1. The fourth-order valence-electron chi connectivity index (χ4n) is 0.565. The molecule has 0 saturated heterocycles. The minimum atomic E-state index is -0.00880. The van der Waals surface area contributed by atoms with Crippen LogP contribution in [0.4, 0.5) is 5.82 Å². The lowest BCUT2D eigenvalue weighted by molar-refractivity contribution is -0.108. The Morgan fingerprint density at radius 1 is 1.67 bits per heavy atom. The molecular formula is C6H7N5O. The van der Waals surface area contributed by atoms with Crippen molar-refractivity contribution < 1.29 is 4.79 Å². The number of hydrogen-bond donors (Lipinski definition) is 2. The van der Waals surface area contributed by atoms with Crippen LogP contribution in [0, 0.1) is 0 Å². The summed E-state index contributed by atoms with van der Waals surface area (Å²) in [5, 5.41) is 2.17. The summed E-state index contributed by atoms with van der Waals surface area (Å²) in [6, 6.07) is 0. The Kier molecular flexibility index (Phi) is 2.72. The lowest BCUT2D eigenvalue weighted by Gasteiger charge is -1.94. The number of carbonyl (C=O) groups is 1. The number of nitrogens with zero attached hydrogens (tertiary/aromatic N) is 3. The molecule has 0 spiro atoms. The Labute approximate surface area is 68.5 Å². The van der Waals surface area contributed by atoms with Crippen molar-refractivity contribution in [2.45, 2.75) is 0 Å². The largest absolute Gasteiger partial charge is 0.369 e. The Hall–Kier alpha value is -1.98. The molecule has 1 rings (SSSR count). The van der Waals surface area contributed by atoms with E-state index in [9.17, 15) is 4.79 Å². The highest BCUT2D eigenvalue weighted by molar-refractivity contribution is 5.88. The molecule has 1 aromatic heterocycles. The van der Waals surface area contributed by atoms with Gasteiger partial charge in [-0.2, -0.15) is 4.99 Å². The molecular weight excluding hydrogens is 158 g/mol. The van der Waals surface area contributed by atoms with E-state index in [1.807, 2.05) is 0 Å². The zero-order chi connectivity index (χ0) is 8.81. The van der Waals surface area contributed by atoms with E-state index in [2.05, 4.69) is 20.3 Å². The maximum atomic E-state index is 9.90. The van der Waals surface area contributed by atoms with E-state index in [1.54, 1.807) is 0 Å². The number of amides is 1. The Balaban J connectivity index is 2.74. The monoisotopic (exact) mass is 165 g/mol. The third kappa shape index (κ3) is 2.33. The van der Waals surface area contributed by atoms with E-state index in [0.717, 1.165) is 0 Å². The van der Waals surface area contributed by atoms with Crippen LogP contribution in [0.15, 0.2) is 23.6 Å². The first-order chi connectivity index (χ1) is 5.83. The highest BCUT2D eigenvalue weighted by atomic mass is 16.1. The van der Waals surface area contributed by atoms with Crippen molar-refractivity contribution in [1.29, 1.82) is 0 Å². The van der Waals surface area contributed by atoms with Gasteiger partial charge in [0, 0.05) is 12.4 Å². The van der Waals surface area contributed by atoms with Crippen molar-refractivity contribution >= 4 is 18.2 Å². The van der Waals surface area contributed by atoms with Gasteiger partial charge in [-0.05, 0) is 0 Å². The summed E-state index contributed by atoms with van der Waals surface area (Å²) < 4.78 is 0. The van der Waals surface area contributed by atoms with Crippen molar-refractivity contribution in [2.75, 3.05) is 0 Å². The summed E-state index contributed by atoms with van der Waals surface area (Å²) in [6.07, 6.45) is 4.87. The Morgan fingerprint density at radius 3 is 3.08 bits per heavy atom. The van der Waals surface area contributed by atoms with Crippen LogP contribution in [-0.4, -0.2) is 22.3 Å². The average molecular weight is 165 g/mol.